The summed E-state index contributed by atoms with van der Waals surface area (Å²) >= 11 is 0. The Balaban J connectivity index is 3.72. The lowest BCUT2D eigenvalue weighted by Gasteiger charge is -2.15. The molecule has 0 amide bonds. The molecule has 0 spiro atoms. The SMILES string of the molecule is C#CCOC(CCCC)C(=C)C. The number of rotatable bonds is 6. The molecule has 12 heavy (non-hydrogen) atoms. The van der Waals surface area contributed by atoms with Gasteiger partial charge in [-0.25, -0.2) is 0 Å². The molecule has 0 aromatic rings. The van der Waals surface area contributed by atoms with E-state index in [4.69, 9.17) is 11.2 Å². The number of hydrogen-bond donors (Lipinski definition) is 0. The van der Waals surface area contributed by atoms with Crippen molar-refractivity contribution < 1.29 is 4.74 Å². The lowest BCUT2D eigenvalue weighted by molar-refractivity contribution is 0.0966. The van der Waals surface area contributed by atoms with E-state index in [2.05, 4.69) is 19.4 Å². The highest BCUT2D eigenvalue weighted by Crippen LogP contribution is 2.11. The van der Waals surface area contributed by atoms with E-state index in [9.17, 15) is 0 Å². The summed E-state index contributed by atoms with van der Waals surface area (Å²) in [5.41, 5.74) is 1.07. The quantitative estimate of drug-likeness (QED) is 0.435. The maximum Gasteiger partial charge on any atom is 0.108 e. The first kappa shape index (κ1) is 11.3. The molecule has 0 aliphatic heterocycles. The first-order chi connectivity index (χ1) is 5.72. The molecule has 0 aliphatic carbocycles. The molecule has 0 bridgehead atoms. The molecule has 1 atom stereocenters. The second-order valence-electron chi connectivity index (χ2n) is 2.99. The fourth-order valence-electron chi connectivity index (χ4n) is 1.01. The fourth-order valence-corrected chi connectivity index (χ4v) is 1.01. The monoisotopic (exact) mass is 166 g/mol. The first-order valence-electron chi connectivity index (χ1n) is 4.42. The molecule has 0 rings (SSSR count). The predicted octanol–water partition coefficient (Wildman–Crippen LogP) is 2.77. The van der Waals surface area contributed by atoms with Crippen LogP contribution < -0.4 is 0 Å². The summed E-state index contributed by atoms with van der Waals surface area (Å²) in [5.74, 6) is 2.47. The molecule has 0 saturated heterocycles. The van der Waals surface area contributed by atoms with Gasteiger partial charge in [-0.3, -0.25) is 0 Å². The summed E-state index contributed by atoms with van der Waals surface area (Å²) in [5, 5.41) is 0. The average Bonchev–Trinajstić information content (AvgIpc) is 2.04. The van der Waals surface area contributed by atoms with Crippen LogP contribution in [0.4, 0.5) is 0 Å². The molecule has 1 unspecified atom stereocenters. The molecule has 0 saturated carbocycles. The van der Waals surface area contributed by atoms with E-state index in [0.717, 1.165) is 12.0 Å². The van der Waals surface area contributed by atoms with Crippen LogP contribution in [0.1, 0.15) is 33.1 Å². The summed E-state index contributed by atoms with van der Waals surface area (Å²) in [6.07, 6.45) is 8.64. The number of hydrogen-bond acceptors (Lipinski definition) is 1. The third-order valence-corrected chi connectivity index (χ3v) is 1.74. The molecule has 1 nitrogen and oxygen atoms in total. The topological polar surface area (TPSA) is 9.23 Å². The second-order valence-corrected chi connectivity index (χ2v) is 2.99. The van der Waals surface area contributed by atoms with Gasteiger partial charge in [0, 0.05) is 0 Å². The third kappa shape index (κ3) is 4.98. The van der Waals surface area contributed by atoms with Gasteiger partial charge in [-0.1, -0.05) is 37.8 Å². The highest BCUT2D eigenvalue weighted by atomic mass is 16.5. The van der Waals surface area contributed by atoms with Crippen LogP contribution in [0, 0.1) is 12.3 Å². The van der Waals surface area contributed by atoms with Gasteiger partial charge in [0.2, 0.25) is 0 Å². The van der Waals surface area contributed by atoms with Gasteiger partial charge in [0.25, 0.3) is 0 Å². The first-order valence-corrected chi connectivity index (χ1v) is 4.42. The minimum Gasteiger partial charge on any atom is -0.361 e. The lowest BCUT2D eigenvalue weighted by Crippen LogP contribution is -2.13. The van der Waals surface area contributed by atoms with Gasteiger partial charge in [0.1, 0.15) is 6.61 Å². The molecular formula is C11H18O. The van der Waals surface area contributed by atoms with E-state index in [1.165, 1.54) is 12.8 Å². The third-order valence-electron chi connectivity index (χ3n) is 1.74. The normalized spacial score (nSPS) is 12.1. The minimum absolute atomic E-state index is 0.154. The van der Waals surface area contributed by atoms with Crippen LogP contribution in [-0.2, 0) is 4.74 Å². The van der Waals surface area contributed by atoms with Crippen molar-refractivity contribution in [3.63, 3.8) is 0 Å². The molecule has 0 N–H and O–H groups in total. The second kappa shape index (κ2) is 6.94. The molecular weight excluding hydrogens is 148 g/mol. The Labute approximate surface area is 75.8 Å². The Morgan fingerprint density at radius 3 is 2.75 bits per heavy atom. The maximum atomic E-state index is 5.42. The number of terminal acetylenes is 1. The Kier molecular flexibility index (Phi) is 6.51. The molecule has 0 radical (unpaired) electrons. The van der Waals surface area contributed by atoms with Crippen molar-refractivity contribution in [2.75, 3.05) is 6.61 Å². The summed E-state index contributed by atoms with van der Waals surface area (Å²) < 4.78 is 5.42. The van der Waals surface area contributed by atoms with Gasteiger partial charge in [-0.05, 0) is 13.3 Å². The molecule has 1 heteroatoms. The number of unbranched alkanes of at least 4 members (excludes halogenated alkanes) is 1. The molecule has 0 fully saturated rings. The van der Waals surface area contributed by atoms with Crippen LogP contribution in [0.25, 0.3) is 0 Å². The van der Waals surface area contributed by atoms with Crippen LogP contribution >= 0.6 is 0 Å². The van der Waals surface area contributed by atoms with E-state index in [1.54, 1.807) is 0 Å². The van der Waals surface area contributed by atoms with Crippen LogP contribution in [0.2, 0.25) is 0 Å². The average molecular weight is 166 g/mol. The van der Waals surface area contributed by atoms with Crippen LogP contribution in [-0.4, -0.2) is 12.7 Å². The highest BCUT2D eigenvalue weighted by Gasteiger charge is 2.07. The summed E-state index contributed by atoms with van der Waals surface area (Å²) in [4.78, 5) is 0. The van der Waals surface area contributed by atoms with Crippen molar-refractivity contribution in [3.05, 3.63) is 12.2 Å². The van der Waals surface area contributed by atoms with Gasteiger partial charge in [-0.15, -0.1) is 6.42 Å². The van der Waals surface area contributed by atoms with Gasteiger partial charge >= 0.3 is 0 Å². The van der Waals surface area contributed by atoms with Gasteiger partial charge in [0.05, 0.1) is 6.10 Å². The predicted molar refractivity (Wildman–Crippen MR) is 52.9 cm³/mol. The fraction of sp³-hybridized carbons (Fsp3) is 0.636. The van der Waals surface area contributed by atoms with E-state index in [-0.39, 0.29) is 6.10 Å². The minimum atomic E-state index is 0.154. The van der Waals surface area contributed by atoms with E-state index in [1.807, 2.05) is 6.92 Å². The Hall–Kier alpha value is -0.740. The Bertz CT molecular complexity index is 164. The summed E-state index contributed by atoms with van der Waals surface area (Å²) in [7, 11) is 0. The zero-order chi connectivity index (χ0) is 9.40. The van der Waals surface area contributed by atoms with Crippen molar-refractivity contribution in [3.8, 4) is 12.3 Å². The van der Waals surface area contributed by atoms with Gasteiger partial charge in [0.15, 0.2) is 0 Å². The van der Waals surface area contributed by atoms with Gasteiger partial charge in [-0.2, -0.15) is 0 Å². The summed E-state index contributed by atoms with van der Waals surface area (Å²) in [6, 6.07) is 0. The van der Waals surface area contributed by atoms with E-state index >= 15 is 0 Å². The molecule has 0 aromatic carbocycles. The molecule has 0 heterocycles. The zero-order valence-corrected chi connectivity index (χ0v) is 8.10. The zero-order valence-electron chi connectivity index (χ0n) is 8.10. The van der Waals surface area contributed by atoms with Crippen molar-refractivity contribution in [2.45, 2.75) is 39.2 Å². The van der Waals surface area contributed by atoms with E-state index in [0.29, 0.717) is 6.61 Å². The largest absolute Gasteiger partial charge is 0.361 e. The summed E-state index contributed by atoms with van der Waals surface area (Å²) in [6.45, 7) is 8.40. The maximum absolute atomic E-state index is 5.42. The van der Waals surface area contributed by atoms with Crippen LogP contribution in [0.5, 0.6) is 0 Å². The number of ether oxygens (including phenoxy) is 1. The highest BCUT2D eigenvalue weighted by molar-refractivity contribution is 4.98. The van der Waals surface area contributed by atoms with Crippen molar-refractivity contribution in [2.24, 2.45) is 0 Å². The van der Waals surface area contributed by atoms with Crippen molar-refractivity contribution in [1.29, 1.82) is 0 Å². The van der Waals surface area contributed by atoms with Crippen LogP contribution in [0.15, 0.2) is 12.2 Å². The Morgan fingerprint density at radius 2 is 2.33 bits per heavy atom. The molecule has 0 aromatic heterocycles. The molecule has 68 valence electrons. The van der Waals surface area contributed by atoms with Crippen molar-refractivity contribution >= 4 is 0 Å². The van der Waals surface area contributed by atoms with Crippen LogP contribution in [0.3, 0.4) is 0 Å². The lowest BCUT2D eigenvalue weighted by atomic mass is 10.1. The molecule has 0 aliphatic rings. The van der Waals surface area contributed by atoms with Gasteiger partial charge < -0.3 is 4.74 Å². The standard InChI is InChI=1S/C11H18O/c1-5-7-8-11(10(3)4)12-9-6-2/h2,11H,3,5,7-9H2,1,4H3. The smallest absolute Gasteiger partial charge is 0.108 e. The van der Waals surface area contributed by atoms with E-state index < -0.39 is 0 Å². The van der Waals surface area contributed by atoms with Crippen molar-refractivity contribution in [1.82, 2.24) is 0 Å². The Morgan fingerprint density at radius 1 is 1.67 bits per heavy atom.